The zero-order valence-corrected chi connectivity index (χ0v) is 12.8. The molecule has 1 heterocycles. The van der Waals surface area contributed by atoms with E-state index in [4.69, 9.17) is 4.74 Å². The first-order valence-electron chi connectivity index (χ1n) is 6.55. The molecule has 116 valence electrons. The summed E-state index contributed by atoms with van der Waals surface area (Å²) in [6, 6.07) is 11.7. The number of aromatic nitrogens is 1. The Balaban J connectivity index is 1.95. The van der Waals surface area contributed by atoms with Gasteiger partial charge in [-0.05, 0) is 29.8 Å². The Labute approximate surface area is 129 Å². The third-order valence-corrected chi connectivity index (χ3v) is 4.42. The molecule has 0 aliphatic heterocycles. The van der Waals surface area contributed by atoms with E-state index in [0.29, 0.717) is 5.75 Å². The lowest BCUT2D eigenvalue weighted by Crippen LogP contribution is -2.30. The van der Waals surface area contributed by atoms with Gasteiger partial charge in [0.15, 0.2) is 5.03 Å². The van der Waals surface area contributed by atoms with Gasteiger partial charge in [0, 0.05) is 12.7 Å². The molecule has 2 rings (SSSR count). The number of methoxy groups -OCH3 is 1. The van der Waals surface area contributed by atoms with Crippen molar-refractivity contribution in [2.24, 2.45) is 0 Å². The summed E-state index contributed by atoms with van der Waals surface area (Å²) in [5, 5.41) is 2.47. The molecular weight excluding hydrogens is 304 g/mol. The quantitative estimate of drug-likeness (QED) is 0.864. The maximum absolute atomic E-state index is 12.0. The summed E-state index contributed by atoms with van der Waals surface area (Å²) in [5.74, 6) is -0.533. The fourth-order valence-electron chi connectivity index (χ4n) is 1.81. The van der Waals surface area contributed by atoms with Crippen LogP contribution in [-0.4, -0.2) is 32.2 Å². The van der Waals surface area contributed by atoms with Gasteiger partial charge in [-0.1, -0.05) is 18.2 Å². The van der Waals surface area contributed by atoms with Gasteiger partial charge in [0.05, 0.1) is 7.11 Å². The van der Waals surface area contributed by atoms with Crippen LogP contribution in [0.15, 0.2) is 53.7 Å². The molecule has 22 heavy (non-hydrogen) atoms. The minimum atomic E-state index is -3.72. The fourth-order valence-corrected chi connectivity index (χ4v) is 2.91. The minimum Gasteiger partial charge on any atom is -0.497 e. The van der Waals surface area contributed by atoms with Crippen molar-refractivity contribution in [1.29, 1.82) is 0 Å². The molecule has 0 unspecified atom stereocenters. The van der Waals surface area contributed by atoms with Gasteiger partial charge >= 0.3 is 0 Å². The zero-order valence-electron chi connectivity index (χ0n) is 12.0. The highest BCUT2D eigenvalue weighted by atomic mass is 32.2. The Hall–Kier alpha value is -2.41. The van der Waals surface area contributed by atoms with Gasteiger partial charge in [0.1, 0.15) is 11.5 Å². The SMILES string of the molecule is COc1cccc(CNC(=O)CS(=O)(=O)c2ccccn2)c1. The van der Waals surface area contributed by atoms with Crippen LogP contribution in [-0.2, 0) is 21.2 Å². The monoisotopic (exact) mass is 320 g/mol. The van der Waals surface area contributed by atoms with Gasteiger partial charge < -0.3 is 10.1 Å². The molecular formula is C15H16N2O4S. The Morgan fingerprint density at radius 3 is 2.73 bits per heavy atom. The highest BCUT2D eigenvalue weighted by Gasteiger charge is 2.20. The van der Waals surface area contributed by atoms with E-state index in [1.807, 2.05) is 6.07 Å². The summed E-state index contributed by atoms with van der Waals surface area (Å²) in [4.78, 5) is 15.6. The lowest BCUT2D eigenvalue weighted by Gasteiger charge is -2.07. The third-order valence-electron chi connectivity index (χ3n) is 2.90. The zero-order chi connectivity index (χ0) is 16.0. The van der Waals surface area contributed by atoms with Crippen LogP contribution in [0.5, 0.6) is 5.75 Å². The number of pyridine rings is 1. The molecule has 0 saturated heterocycles. The average molecular weight is 320 g/mol. The molecule has 0 aliphatic rings. The van der Waals surface area contributed by atoms with Crippen molar-refractivity contribution in [3.8, 4) is 5.75 Å². The molecule has 0 fully saturated rings. The number of carbonyl (C=O) groups excluding carboxylic acids is 1. The van der Waals surface area contributed by atoms with Crippen molar-refractivity contribution in [2.75, 3.05) is 12.9 Å². The largest absolute Gasteiger partial charge is 0.497 e. The molecule has 1 aromatic heterocycles. The first kappa shape index (κ1) is 16.0. The van der Waals surface area contributed by atoms with Crippen LogP contribution in [0, 0.1) is 0 Å². The van der Waals surface area contributed by atoms with Gasteiger partial charge in [0.25, 0.3) is 0 Å². The molecule has 1 amide bonds. The number of nitrogens with one attached hydrogen (secondary N) is 1. The first-order valence-corrected chi connectivity index (χ1v) is 8.20. The standard InChI is InChI=1S/C15H16N2O4S/c1-21-13-6-4-5-12(9-13)10-17-14(18)11-22(19,20)15-7-2-3-8-16-15/h2-9H,10-11H2,1H3,(H,17,18). The Kier molecular flexibility index (Phi) is 5.11. The van der Waals surface area contributed by atoms with Crippen molar-refractivity contribution in [3.05, 3.63) is 54.2 Å². The molecule has 0 atom stereocenters. The number of nitrogens with zero attached hydrogens (tertiary/aromatic N) is 1. The van der Waals surface area contributed by atoms with Crippen molar-refractivity contribution >= 4 is 15.7 Å². The summed E-state index contributed by atoms with van der Waals surface area (Å²) >= 11 is 0. The van der Waals surface area contributed by atoms with E-state index in [2.05, 4.69) is 10.3 Å². The second kappa shape index (κ2) is 7.04. The van der Waals surface area contributed by atoms with E-state index >= 15 is 0 Å². The van der Waals surface area contributed by atoms with Gasteiger partial charge in [-0.2, -0.15) is 0 Å². The summed E-state index contributed by atoms with van der Waals surface area (Å²) < 4.78 is 29.1. The number of ether oxygens (including phenoxy) is 1. The van der Waals surface area contributed by atoms with Crippen LogP contribution in [0.2, 0.25) is 0 Å². The molecule has 0 spiro atoms. The second-order valence-corrected chi connectivity index (χ2v) is 6.49. The van der Waals surface area contributed by atoms with Crippen LogP contribution >= 0.6 is 0 Å². The highest BCUT2D eigenvalue weighted by Crippen LogP contribution is 2.12. The van der Waals surface area contributed by atoms with Crippen LogP contribution < -0.4 is 10.1 Å². The van der Waals surface area contributed by atoms with E-state index < -0.39 is 21.5 Å². The molecule has 1 aromatic carbocycles. The van der Waals surface area contributed by atoms with Crippen LogP contribution in [0.3, 0.4) is 0 Å². The van der Waals surface area contributed by atoms with Gasteiger partial charge in [0.2, 0.25) is 15.7 Å². The molecule has 2 aromatic rings. The van der Waals surface area contributed by atoms with Crippen LogP contribution in [0.4, 0.5) is 0 Å². The summed E-state index contributed by atoms with van der Waals surface area (Å²) in [5.41, 5.74) is 0.822. The van der Waals surface area contributed by atoms with Crippen LogP contribution in [0.1, 0.15) is 5.56 Å². The summed E-state index contributed by atoms with van der Waals surface area (Å²) in [6.07, 6.45) is 1.38. The number of benzene rings is 1. The first-order chi connectivity index (χ1) is 10.5. The van der Waals surface area contributed by atoms with E-state index in [-0.39, 0.29) is 11.6 Å². The van der Waals surface area contributed by atoms with Crippen molar-refractivity contribution in [1.82, 2.24) is 10.3 Å². The molecule has 7 heteroatoms. The highest BCUT2D eigenvalue weighted by molar-refractivity contribution is 7.92. The topological polar surface area (TPSA) is 85.4 Å². The van der Waals surface area contributed by atoms with Gasteiger partial charge in [-0.15, -0.1) is 0 Å². The second-order valence-electron chi connectivity index (χ2n) is 4.56. The van der Waals surface area contributed by atoms with Gasteiger partial charge in [-0.3, -0.25) is 4.79 Å². The Morgan fingerprint density at radius 2 is 2.05 bits per heavy atom. The van der Waals surface area contributed by atoms with Crippen molar-refractivity contribution in [3.63, 3.8) is 0 Å². The van der Waals surface area contributed by atoms with E-state index in [9.17, 15) is 13.2 Å². The molecule has 6 nitrogen and oxygen atoms in total. The molecule has 0 aliphatic carbocycles. The number of carbonyl (C=O) groups is 1. The average Bonchev–Trinajstić information content (AvgIpc) is 2.53. The normalized spacial score (nSPS) is 11.0. The van der Waals surface area contributed by atoms with E-state index in [1.54, 1.807) is 37.4 Å². The number of hydrogen-bond acceptors (Lipinski definition) is 5. The fraction of sp³-hybridized carbons (Fsp3) is 0.200. The molecule has 0 radical (unpaired) electrons. The van der Waals surface area contributed by atoms with Crippen molar-refractivity contribution < 1.29 is 17.9 Å². The van der Waals surface area contributed by atoms with Crippen LogP contribution in [0.25, 0.3) is 0 Å². The molecule has 0 saturated carbocycles. The number of sulfone groups is 1. The van der Waals surface area contributed by atoms with E-state index in [0.717, 1.165) is 5.56 Å². The molecule has 0 bridgehead atoms. The smallest absolute Gasteiger partial charge is 0.235 e. The predicted molar refractivity (Wildman–Crippen MR) is 81.1 cm³/mol. The Bertz CT molecular complexity index is 745. The number of rotatable bonds is 6. The lowest BCUT2D eigenvalue weighted by atomic mass is 10.2. The maximum Gasteiger partial charge on any atom is 0.235 e. The lowest BCUT2D eigenvalue weighted by molar-refractivity contribution is -0.118. The number of amides is 1. The predicted octanol–water partition coefficient (Wildman–Crippen LogP) is 1.18. The number of hydrogen-bond donors (Lipinski definition) is 1. The summed E-state index contributed by atoms with van der Waals surface area (Å²) in [6.45, 7) is 0.230. The van der Waals surface area contributed by atoms with E-state index in [1.165, 1.54) is 12.3 Å². The summed E-state index contributed by atoms with van der Waals surface area (Å²) in [7, 11) is -2.17. The maximum atomic E-state index is 12.0. The Morgan fingerprint density at radius 1 is 1.23 bits per heavy atom. The third kappa shape index (κ3) is 4.29. The van der Waals surface area contributed by atoms with Gasteiger partial charge in [-0.25, -0.2) is 13.4 Å². The molecule has 1 N–H and O–H groups in total. The minimum absolute atomic E-state index is 0.105. The van der Waals surface area contributed by atoms with Crippen molar-refractivity contribution in [2.45, 2.75) is 11.6 Å².